The van der Waals surface area contributed by atoms with E-state index in [2.05, 4.69) is 60.1 Å². The summed E-state index contributed by atoms with van der Waals surface area (Å²) in [6.07, 6.45) is 4.87. The third-order valence-electron chi connectivity index (χ3n) is 3.92. The van der Waals surface area contributed by atoms with E-state index >= 15 is 0 Å². The van der Waals surface area contributed by atoms with Crippen LogP contribution in [-0.2, 0) is 6.54 Å². The van der Waals surface area contributed by atoms with E-state index < -0.39 is 0 Å². The van der Waals surface area contributed by atoms with Crippen molar-refractivity contribution < 1.29 is 0 Å². The van der Waals surface area contributed by atoms with E-state index in [-0.39, 0.29) is 0 Å². The quantitative estimate of drug-likeness (QED) is 0.762. The van der Waals surface area contributed by atoms with Crippen LogP contribution in [0.2, 0.25) is 0 Å². The summed E-state index contributed by atoms with van der Waals surface area (Å²) in [4.78, 5) is 2.38. The smallest absolute Gasteiger partial charge is 0.0480 e. The highest BCUT2D eigenvalue weighted by Gasteiger charge is 2.44. The Hall–Kier alpha value is -1.28. The molecule has 0 atom stereocenters. The van der Waals surface area contributed by atoms with Gasteiger partial charge in [-0.05, 0) is 44.5 Å². The topological polar surface area (TPSA) is 8.17 Å². The molecule has 1 aliphatic carbocycles. The van der Waals surface area contributed by atoms with Crippen molar-refractivity contribution in [3.63, 3.8) is 0 Å². The van der Waals surface area contributed by atoms with Crippen molar-refractivity contribution >= 4 is 10.9 Å². The first kappa shape index (κ1) is 9.91. The van der Waals surface area contributed by atoms with Gasteiger partial charge in [-0.1, -0.05) is 18.2 Å². The third kappa shape index (κ3) is 1.45. The molecule has 0 N–H and O–H groups in total. The van der Waals surface area contributed by atoms with Gasteiger partial charge in [0.15, 0.2) is 0 Å². The highest BCUT2D eigenvalue weighted by molar-refractivity contribution is 5.79. The Morgan fingerprint density at radius 2 is 1.94 bits per heavy atom. The third-order valence-corrected chi connectivity index (χ3v) is 3.92. The Kier molecular flexibility index (Phi) is 2.08. The molecule has 0 aliphatic heterocycles. The van der Waals surface area contributed by atoms with Gasteiger partial charge >= 0.3 is 0 Å². The lowest BCUT2D eigenvalue weighted by atomic mass is 10.2. The van der Waals surface area contributed by atoms with Crippen LogP contribution in [0.1, 0.15) is 12.8 Å². The van der Waals surface area contributed by atoms with Crippen LogP contribution < -0.4 is 0 Å². The van der Waals surface area contributed by atoms with Crippen LogP contribution in [-0.4, -0.2) is 29.1 Å². The molecule has 1 fully saturated rings. The summed E-state index contributed by atoms with van der Waals surface area (Å²) in [7, 11) is 4.39. The Labute approximate surface area is 96.5 Å². The largest absolute Gasteiger partial charge is 0.346 e. The minimum Gasteiger partial charge on any atom is -0.346 e. The second-order valence-electron chi connectivity index (χ2n) is 5.12. The molecule has 1 saturated carbocycles. The molecule has 0 amide bonds. The van der Waals surface area contributed by atoms with Crippen molar-refractivity contribution in [3.05, 3.63) is 36.5 Å². The molecule has 0 bridgehead atoms. The Bertz CT molecular complexity index is 506. The minimum atomic E-state index is 0.418. The molecule has 1 aromatic heterocycles. The van der Waals surface area contributed by atoms with E-state index in [1.165, 1.54) is 23.7 Å². The van der Waals surface area contributed by atoms with Crippen LogP contribution in [0.25, 0.3) is 10.9 Å². The summed E-state index contributed by atoms with van der Waals surface area (Å²) in [6, 6.07) is 10.8. The van der Waals surface area contributed by atoms with Crippen molar-refractivity contribution in [3.8, 4) is 0 Å². The van der Waals surface area contributed by atoms with Crippen LogP contribution >= 0.6 is 0 Å². The van der Waals surface area contributed by atoms with Gasteiger partial charge in [-0.25, -0.2) is 0 Å². The molecule has 3 rings (SSSR count). The first-order valence-corrected chi connectivity index (χ1v) is 5.93. The van der Waals surface area contributed by atoms with E-state index in [1.54, 1.807) is 0 Å². The zero-order chi connectivity index (χ0) is 11.2. The van der Waals surface area contributed by atoms with Crippen LogP contribution in [0.4, 0.5) is 0 Å². The van der Waals surface area contributed by atoms with Gasteiger partial charge in [0.05, 0.1) is 0 Å². The van der Waals surface area contributed by atoms with Gasteiger partial charge < -0.3 is 9.47 Å². The number of rotatable bonds is 3. The van der Waals surface area contributed by atoms with E-state index in [0.717, 1.165) is 6.54 Å². The van der Waals surface area contributed by atoms with Gasteiger partial charge in [0, 0.05) is 23.8 Å². The molecule has 1 aromatic carbocycles. The highest BCUT2D eigenvalue weighted by atomic mass is 15.2. The Morgan fingerprint density at radius 3 is 2.62 bits per heavy atom. The minimum absolute atomic E-state index is 0.418. The summed E-state index contributed by atoms with van der Waals surface area (Å²) < 4.78 is 2.39. The summed E-state index contributed by atoms with van der Waals surface area (Å²) in [5, 5.41) is 1.34. The number of benzene rings is 1. The van der Waals surface area contributed by atoms with E-state index in [9.17, 15) is 0 Å². The monoisotopic (exact) mass is 214 g/mol. The zero-order valence-corrected chi connectivity index (χ0v) is 9.98. The summed E-state index contributed by atoms with van der Waals surface area (Å²) in [5.41, 5.74) is 1.78. The van der Waals surface area contributed by atoms with Gasteiger partial charge in [-0.2, -0.15) is 0 Å². The molecule has 2 nitrogen and oxygen atoms in total. The predicted molar refractivity (Wildman–Crippen MR) is 67.6 cm³/mol. The molecule has 1 heterocycles. The average molecular weight is 214 g/mol. The Morgan fingerprint density at radius 1 is 1.19 bits per heavy atom. The van der Waals surface area contributed by atoms with Crippen LogP contribution in [0.5, 0.6) is 0 Å². The predicted octanol–water partition coefficient (Wildman–Crippen LogP) is 2.74. The number of hydrogen-bond donors (Lipinski definition) is 0. The fraction of sp³-hybridized carbons (Fsp3) is 0.429. The first-order valence-electron chi connectivity index (χ1n) is 5.93. The molecule has 0 saturated heterocycles. The Balaban J connectivity index is 1.95. The fourth-order valence-electron chi connectivity index (χ4n) is 2.49. The normalized spacial score (nSPS) is 18.2. The number of fused-ring (bicyclic) bond motifs is 1. The molecule has 0 spiro atoms. The maximum absolute atomic E-state index is 2.39. The lowest BCUT2D eigenvalue weighted by Crippen LogP contribution is -2.34. The second kappa shape index (κ2) is 3.36. The van der Waals surface area contributed by atoms with E-state index in [0.29, 0.717) is 5.54 Å². The molecular weight excluding hydrogens is 196 g/mol. The van der Waals surface area contributed by atoms with E-state index in [1.807, 2.05) is 0 Å². The molecule has 0 unspecified atom stereocenters. The SMILES string of the molecule is CN(C)C1(Cn2ccc3ccccc32)CC1. The number of likely N-dealkylation sites (N-methyl/N-ethyl adjacent to an activating group) is 1. The van der Waals surface area contributed by atoms with Crippen molar-refractivity contribution in [2.24, 2.45) is 0 Å². The van der Waals surface area contributed by atoms with Crippen LogP contribution in [0.15, 0.2) is 36.5 Å². The first-order chi connectivity index (χ1) is 7.71. The highest BCUT2D eigenvalue weighted by Crippen LogP contribution is 2.42. The number of hydrogen-bond acceptors (Lipinski definition) is 1. The molecule has 0 radical (unpaired) electrons. The molecule has 84 valence electrons. The van der Waals surface area contributed by atoms with Gasteiger partial charge in [-0.15, -0.1) is 0 Å². The van der Waals surface area contributed by atoms with Gasteiger partial charge in [0.25, 0.3) is 0 Å². The van der Waals surface area contributed by atoms with Gasteiger partial charge in [0.1, 0.15) is 0 Å². The van der Waals surface area contributed by atoms with Crippen molar-refractivity contribution in [1.29, 1.82) is 0 Å². The van der Waals surface area contributed by atoms with Crippen molar-refractivity contribution in [2.45, 2.75) is 24.9 Å². The number of nitrogens with zero attached hydrogens (tertiary/aromatic N) is 2. The summed E-state index contributed by atoms with van der Waals surface area (Å²) in [6.45, 7) is 1.12. The maximum atomic E-state index is 2.39. The number of para-hydroxylation sites is 1. The maximum Gasteiger partial charge on any atom is 0.0480 e. The van der Waals surface area contributed by atoms with E-state index in [4.69, 9.17) is 0 Å². The summed E-state index contributed by atoms with van der Waals surface area (Å²) in [5.74, 6) is 0. The van der Waals surface area contributed by atoms with Crippen molar-refractivity contribution in [1.82, 2.24) is 9.47 Å². The summed E-state index contributed by atoms with van der Waals surface area (Å²) >= 11 is 0. The zero-order valence-electron chi connectivity index (χ0n) is 9.98. The van der Waals surface area contributed by atoms with Crippen LogP contribution in [0, 0.1) is 0 Å². The average Bonchev–Trinajstić information content (AvgIpc) is 2.96. The van der Waals surface area contributed by atoms with Crippen LogP contribution in [0.3, 0.4) is 0 Å². The standard InChI is InChI=1S/C14H18N2/c1-15(2)14(8-9-14)11-16-10-7-12-5-3-4-6-13(12)16/h3-7,10H,8-9,11H2,1-2H3. The molecule has 2 heteroatoms. The lowest BCUT2D eigenvalue weighted by molar-refractivity contribution is 0.244. The number of aromatic nitrogens is 1. The molecule has 2 aromatic rings. The van der Waals surface area contributed by atoms with Gasteiger partial charge in [-0.3, -0.25) is 0 Å². The van der Waals surface area contributed by atoms with Crippen molar-refractivity contribution in [2.75, 3.05) is 14.1 Å². The molecular formula is C14H18N2. The fourth-order valence-corrected chi connectivity index (χ4v) is 2.49. The second-order valence-corrected chi connectivity index (χ2v) is 5.12. The van der Waals surface area contributed by atoms with Gasteiger partial charge in [0.2, 0.25) is 0 Å². The molecule has 16 heavy (non-hydrogen) atoms. The molecule has 1 aliphatic rings. The lowest BCUT2D eigenvalue weighted by Gasteiger charge is -2.24.